The van der Waals surface area contributed by atoms with Gasteiger partial charge in [0.15, 0.2) is 0 Å². The molecule has 0 heterocycles. The van der Waals surface area contributed by atoms with Crippen molar-refractivity contribution < 1.29 is 10.2 Å². The van der Waals surface area contributed by atoms with Crippen LogP contribution in [0.15, 0.2) is 55.6 Å². The minimum atomic E-state index is -0.417. The van der Waals surface area contributed by atoms with Crippen molar-refractivity contribution >= 4 is 5.69 Å². The zero-order valence-corrected chi connectivity index (χ0v) is 14.9. The van der Waals surface area contributed by atoms with Gasteiger partial charge in [0, 0.05) is 19.2 Å². The molecule has 1 fully saturated rings. The second-order valence-corrected chi connectivity index (χ2v) is 6.36. The average Bonchev–Trinajstić information content (AvgIpc) is 2.64. The first-order valence-electron chi connectivity index (χ1n) is 8.96. The molecule has 1 N–H and O–H groups in total. The lowest BCUT2D eigenvalue weighted by Crippen LogP contribution is -2.16. The monoisotopic (exact) mass is 345 g/mol. The fourth-order valence-corrected chi connectivity index (χ4v) is 3.76. The first-order chi connectivity index (χ1) is 12.2. The number of benzene rings is 2. The van der Waals surface area contributed by atoms with E-state index in [4.69, 9.17) is 0 Å². The Morgan fingerprint density at radius 1 is 1.04 bits per heavy atom. The number of halogens is 2. The number of rotatable bonds is 4. The Bertz CT molecular complexity index is 652. The average molecular weight is 345 g/mol. The third-order valence-corrected chi connectivity index (χ3v) is 4.81. The van der Waals surface area contributed by atoms with E-state index < -0.39 is 11.6 Å². The molecule has 0 radical (unpaired) electrons. The van der Waals surface area contributed by atoms with Gasteiger partial charge in [-0.3, -0.25) is 0 Å². The standard InChI is InChI=1S/C20H23F2N.C2H4.H2/c1-2-23-17-12-18(21)20(19(22)13-17)16-10-6-9-15(11-16)14-7-4-3-5-8-14;1-2;/h3-5,7-8,12-13,15-16,23H,2,6,9-11H2,1H3;1-2H2;1H. The molecular weight excluding hydrogens is 316 g/mol. The molecule has 0 saturated heterocycles. The molecule has 25 heavy (non-hydrogen) atoms. The van der Waals surface area contributed by atoms with Crippen LogP contribution in [0.5, 0.6) is 0 Å². The van der Waals surface area contributed by atoms with E-state index >= 15 is 0 Å². The molecule has 2 atom stereocenters. The van der Waals surface area contributed by atoms with Gasteiger partial charge in [-0.1, -0.05) is 36.8 Å². The molecule has 2 aromatic carbocycles. The van der Waals surface area contributed by atoms with E-state index in [0.717, 1.165) is 25.7 Å². The Labute approximate surface area is 151 Å². The van der Waals surface area contributed by atoms with Crippen LogP contribution in [-0.2, 0) is 0 Å². The maximum Gasteiger partial charge on any atom is 0.131 e. The largest absolute Gasteiger partial charge is 0.385 e. The Kier molecular flexibility index (Phi) is 7.17. The summed E-state index contributed by atoms with van der Waals surface area (Å²) in [6, 6.07) is 13.2. The fraction of sp³-hybridized carbons (Fsp3) is 0.364. The number of anilines is 1. The van der Waals surface area contributed by atoms with Crippen molar-refractivity contribution in [3.8, 4) is 0 Å². The number of hydrogen-bond acceptors (Lipinski definition) is 1. The van der Waals surface area contributed by atoms with Gasteiger partial charge >= 0.3 is 0 Å². The van der Waals surface area contributed by atoms with Crippen LogP contribution in [0.1, 0.15) is 57.0 Å². The van der Waals surface area contributed by atoms with Crippen LogP contribution in [0, 0.1) is 11.6 Å². The van der Waals surface area contributed by atoms with Gasteiger partial charge in [0.05, 0.1) is 0 Å². The first-order valence-corrected chi connectivity index (χ1v) is 8.96. The molecule has 2 aromatic rings. The molecule has 2 unspecified atom stereocenters. The highest BCUT2D eigenvalue weighted by Gasteiger charge is 2.28. The summed E-state index contributed by atoms with van der Waals surface area (Å²) in [6.07, 6.45) is 3.79. The molecule has 1 aliphatic rings. The van der Waals surface area contributed by atoms with Crippen molar-refractivity contribution in [3.05, 3.63) is 78.4 Å². The van der Waals surface area contributed by atoms with Crippen molar-refractivity contribution in [3.63, 3.8) is 0 Å². The van der Waals surface area contributed by atoms with Gasteiger partial charge in [0.2, 0.25) is 0 Å². The Hall–Kier alpha value is -2.16. The van der Waals surface area contributed by atoms with E-state index in [1.54, 1.807) is 0 Å². The third-order valence-electron chi connectivity index (χ3n) is 4.81. The van der Waals surface area contributed by atoms with Gasteiger partial charge in [0.25, 0.3) is 0 Å². The molecule has 136 valence electrons. The first kappa shape index (κ1) is 19.2. The Balaban J connectivity index is 0.00000109. The van der Waals surface area contributed by atoms with Gasteiger partial charge in [0.1, 0.15) is 11.6 Å². The summed E-state index contributed by atoms with van der Waals surface area (Å²) in [7, 11) is 0. The predicted molar refractivity (Wildman–Crippen MR) is 104 cm³/mol. The minimum Gasteiger partial charge on any atom is -0.385 e. The summed E-state index contributed by atoms with van der Waals surface area (Å²) in [6.45, 7) is 8.56. The topological polar surface area (TPSA) is 12.0 Å². The van der Waals surface area contributed by atoms with Crippen molar-refractivity contribution in [1.29, 1.82) is 0 Å². The maximum absolute atomic E-state index is 14.5. The van der Waals surface area contributed by atoms with Crippen molar-refractivity contribution in [2.24, 2.45) is 0 Å². The summed E-state index contributed by atoms with van der Waals surface area (Å²) >= 11 is 0. The summed E-state index contributed by atoms with van der Waals surface area (Å²) < 4.78 is 28.9. The van der Waals surface area contributed by atoms with Crippen LogP contribution < -0.4 is 5.32 Å². The number of hydrogen-bond donors (Lipinski definition) is 1. The van der Waals surface area contributed by atoms with E-state index in [-0.39, 0.29) is 12.9 Å². The van der Waals surface area contributed by atoms with Crippen LogP contribution in [0.2, 0.25) is 0 Å². The van der Waals surface area contributed by atoms with Gasteiger partial charge in [-0.05, 0) is 55.7 Å². The van der Waals surface area contributed by atoms with Crippen molar-refractivity contribution in [2.45, 2.75) is 44.4 Å². The van der Waals surface area contributed by atoms with Gasteiger partial charge in [-0.2, -0.15) is 0 Å². The Morgan fingerprint density at radius 2 is 1.64 bits per heavy atom. The smallest absolute Gasteiger partial charge is 0.131 e. The minimum absolute atomic E-state index is 0. The van der Waals surface area contributed by atoms with Gasteiger partial charge in [-0.25, -0.2) is 8.78 Å². The molecular formula is C22H29F2N. The van der Waals surface area contributed by atoms with E-state index in [1.165, 1.54) is 17.7 Å². The second kappa shape index (κ2) is 9.36. The second-order valence-electron chi connectivity index (χ2n) is 6.36. The normalized spacial score (nSPS) is 19.6. The van der Waals surface area contributed by atoms with Crippen molar-refractivity contribution in [2.75, 3.05) is 11.9 Å². The maximum atomic E-state index is 14.5. The van der Waals surface area contributed by atoms with E-state index in [9.17, 15) is 8.78 Å². The summed E-state index contributed by atoms with van der Waals surface area (Å²) in [5.41, 5.74) is 2.07. The highest BCUT2D eigenvalue weighted by molar-refractivity contribution is 5.47. The zero-order chi connectivity index (χ0) is 18.2. The van der Waals surface area contributed by atoms with Crippen LogP contribution in [0.3, 0.4) is 0 Å². The summed E-state index contributed by atoms with van der Waals surface area (Å²) in [4.78, 5) is 0. The van der Waals surface area contributed by atoms with E-state index in [0.29, 0.717) is 18.2 Å². The van der Waals surface area contributed by atoms with Gasteiger partial charge in [-0.15, -0.1) is 13.2 Å². The molecule has 0 amide bonds. The molecule has 0 aromatic heterocycles. The molecule has 0 bridgehead atoms. The molecule has 1 saturated carbocycles. The highest BCUT2D eigenvalue weighted by Crippen LogP contribution is 2.43. The zero-order valence-electron chi connectivity index (χ0n) is 14.9. The third kappa shape index (κ3) is 4.68. The lowest BCUT2D eigenvalue weighted by atomic mass is 9.75. The fourth-order valence-electron chi connectivity index (χ4n) is 3.76. The van der Waals surface area contributed by atoms with Crippen LogP contribution >= 0.6 is 0 Å². The van der Waals surface area contributed by atoms with E-state index in [1.807, 2.05) is 25.1 Å². The molecule has 1 nitrogen and oxygen atoms in total. The molecule has 3 heteroatoms. The van der Waals surface area contributed by atoms with Crippen LogP contribution in [0.25, 0.3) is 0 Å². The molecule has 0 aliphatic heterocycles. The van der Waals surface area contributed by atoms with E-state index in [2.05, 4.69) is 30.6 Å². The molecule has 3 rings (SSSR count). The Morgan fingerprint density at radius 3 is 2.24 bits per heavy atom. The summed E-state index contributed by atoms with van der Waals surface area (Å²) in [5.74, 6) is -0.480. The number of nitrogens with one attached hydrogen (secondary N) is 1. The van der Waals surface area contributed by atoms with Crippen LogP contribution in [0.4, 0.5) is 14.5 Å². The van der Waals surface area contributed by atoms with Crippen LogP contribution in [-0.4, -0.2) is 6.54 Å². The lowest BCUT2D eigenvalue weighted by molar-refractivity contribution is 0.374. The summed E-state index contributed by atoms with van der Waals surface area (Å²) in [5, 5.41) is 2.97. The predicted octanol–water partition coefficient (Wildman–Crippen LogP) is 6.89. The SMILES string of the molecule is C=C.CCNc1cc(F)c(C2CCCC(c3ccccc3)C2)c(F)c1.[HH]. The quantitative estimate of drug-likeness (QED) is 0.595. The molecule has 0 spiro atoms. The molecule has 1 aliphatic carbocycles. The van der Waals surface area contributed by atoms with Gasteiger partial charge < -0.3 is 5.32 Å². The highest BCUT2D eigenvalue weighted by atomic mass is 19.1. The lowest BCUT2D eigenvalue weighted by Gasteiger charge is -2.30. The van der Waals surface area contributed by atoms with Crippen molar-refractivity contribution in [1.82, 2.24) is 0 Å².